The van der Waals surface area contributed by atoms with Crippen LogP contribution in [0.15, 0.2) is 79.0 Å². The largest absolute Gasteiger partial charge is 0.497 e. The number of hydrogen-bond donors (Lipinski definition) is 2. The number of ether oxygens (including phenoxy) is 2. The summed E-state index contributed by atoms with van der Waals surface area (Å²) in [6.07, 6.45) is 0.435. The highest BCUT2D eigenvalue weighted by molar-refractivity contribution is 6.10. The molecule has 5 rings (SSSR count). The standard InChI is InChI=1S/C29H31N3O4/c1-35-21-13-11-20(12-14-21)31-15-17-32(18-16-31)27(23-8-4-6-10-26(23)36-2)29(34)28(33)24-19-30-25-9-5-3-7-22(24)25/h3-14,19,27,29-30,34H,15-18H2,1-2H3. The Bertz CT molecular complexity index is 1330. The van der Waals surface area contributed by atoms with Gasteiger partial charge in [-0.05, 0) is 36.4 Å². The molecule has 1 aliphatic heterocycles. The number of H-pyrrole nitrogens is 1. The number of nitrogens with zero attached hydrogens (tertiary/aromatic N) is 2. The molecule has 1 saturated heterocycles. The molecule has 1 aliphatic rings. The average molecular weight is 486 g/mol. The monoisotopic (exact) mass is 485 g/mol. The number of rotatable bonds is 8. The Hall–Kier alpha value is -3.81. The first-order valence-electron chi connectivity index (χ1n) is 12.1. The lowest BCUT2D eigenvalue weighted by atomic mass is 9.92. The number of aliphatic hydroxyl groups is 1. The number of aliphatic hydroxyl groups excluding tert-OH is 1. The normalized spacial score (nSPS) is 16.0. The van der Waals surface area contributed by atoms with Crippen LogP contribution in [-0.4, -0.2) is 67.3 Å². The predicted octanol–water partition coefficient (Wildman–Crippen LogP) is 4.29. The van der Waals surface area contributed by atoms with Gasteiger partial charge in [-0.25, -0.2) is 0 Å². The van der Waals surface area contributed by atoms with E-state index >= 15 is 0 Å². The Labute approximate surface area is 210 Å². The number of ketones is 1. The van der Waals surface area contributed by atoms with Crippen molar-refractivity contribution in [3.8, 4) is 11.5 Å². The summed E-state index contributed by atoms with van der Waals surface area (Å²) >= 11 is 0. The number of nitrogens with one attached hydrogen (secondary N) is 1. The molecule has 4 aromatic rings. The minimum Gasteiger partial charge on any atom is -0.497 e. The number of carbonyl (C=O) groups is 1. The minimum atomic E-state index is -1.26. The van der Waals surface area contributed by atoms with Crippen LogP contribution in [0.4, 0.5) is 5.69 Å². The van der Waals surface area contributed by atoms with E-state index in [1.807, 2.05) is 60.7 Å². The molecule has 0 aliphatic carbocycles. The van der Waals surface area contributed by atoms with Crippen LogP contribution in [0.5, 0.6) is 11.5 Å². The van der Waals surface area contributed by atoms with Crippen molar-refractivity contribution in [3.63, 3.8) is 0 Å². The molecule has 7 nitrogen and oxygen atoms in total. The lowest BCUT2D eigenvalue weighted by molar-refractivity contribution is 0.0359. The maximum Gasteiger partial charge on any atom is 0.195 e. The molecule has 7 heteroatoms. The Morgan fingerprint density at radius 2 is 1.58 bits per heavy atom. The summed E-state index contributed by atoms with van der Waals surface area (Å²) < 4.78 is 10.9. The number of piperazine rings is 1. The lowest BCUT2D eigenvalue weighted by Crippen LogP contribution is -2.51. The van der Waals surface area contributed by atoms with Crippen molar-refractivity contribution in [2.24, 2.45) is 0 Å². The highest BCUT2D eigenvalue weighted by Gasteiger charge is 2.37. The fourth-order valence-corrected chi connectivity index (χ4v) is 5.11. The molecule has 0 amide bonds. The second-order valence-electron chi connectivity index (χ2n) is 8.96. The van der Waals surface area contributed by atoms with E-state index in [4.69, 9.17) is 9.47 Å². The molecule has 2 unspecified atom stereocenters. The van der Waals surface area contributed by atoms with Crippen LogP contribution in [0.1, 0.15) is 22.0 Å². The predicted molar refractivity (Wildman–Crippen MR) is 141 cm³/mol. The molecule has 2 N–H and O–H groups in total. The van der Waals surface area contributed by atoms with E-state index in [9.17, 15) is 9.90 Å². The van der Waals surface area contributed by atoms with Gasteiger partial charge in [-0.1, -0.05) is 36.4 Å². The number of anilines is 1. The molecule has 0 saturated carbocycles. The van der Waals surface area contributed by atoms with E-state index in [0.29, 0.717) is 24.4 Å². The first-order valence-corrected chi connectivity index (χ1v) is 12.1. The zero-order chi connectivity index (χ0) is 25.1. The van der Waals surface area contributed by atoms with Gasteiger partial charge in [0, 0.05) is 60.1 Å². The van der Waals surface area contributed by atoms with E-state index < -0.39 is 12.1 Å². The summed E-state index contributed by atoms with van der Waals surface area (Å²) in [6.45, 7) is 2.91. The van der Waals surface area contributed by atoms with Crippen LogP contribution in [-0.2, 0) is 0 Å². The fourth-order valence-electron chi connectivity index (χ4n) is 5.11. The van der Waals surface area contributed by atoms with Crippen LogP contribution in [0.2, 0.25) is 0 Å². The van der Waals surface area contributed by atoms with E-state index in [1.165, 1.54) is 0 Å². The Morgan fingerprint density at radius 1 is 0.889 bits per heavy atom. The molecule has 1 fully saturated rings. The molecule has 1 aromatic heterocycles. The van der Waals surface area contributed by atoms with Crippen molar-refractivity contribution in [1.29, 1.82) is 0 Å². The van der Waals surface area contributed by atoms with Gasteiger partial charge >= 0.3 is 0 Å². The van der Waals surface area contributed by atoms with Gasteiger partial charge in [0.2, 0.25) is 0 Å². The summed E-state index contributed by atoms with van der Waals surface area (Å²) in [5.74, 6) is 1.18. The van der Waals surface area contributed by atoms with Crippen LogP contribution in [0.3, 0.4) is 0 Å². The summed E-state index contributed by atoms with van der Waals surface area (Å²) in [5.41, 5.74) is 3.29. The average Bonchev–Trinajstić information content (AvgIpc) is 3.37. The maximum absolute atomic E-state index is 13.7. The Balaban J connectivity index is 1.43. The zero-order valence-corrected chi connectivity index (χ0v) is 20.6. The van der Waals surface area contributed by atoms with E-state index in [2.05, 4.69) is 26.9 Å². The van der Waals surface area contributed by atoms with Crippen molar-refractivity contribution in [3.05, 3.63) is 90.1 Å². The number of carbonyl (C=O) groups excluding carboxylic acids is 1. The van der Waals surface area contributed by atoms with Crippen molar-refractivity contribution in [1.82, 2.24) is 9.88 Å². The summed E-state index contributed by atoms with van der Waals surface area (Å²) in [7, 11) is 3.28. The number of Topliss-reactive ketones (excluding diaryl/α,β-unsaturated/α-hetero) is 1. The number of fused-ring (bicyclic) bond motifs is 1. The van der Waals surface area contributed by atoms with Gasteiger partial charge in [-0.2, -0.15) is 0 Å². The van der Waals surface area contributed by atoms with E-state index in [0.717, 1.165) is 41.0 Å². The molecular formula is C29H31N3O4. The smallest absolute Gasteiger partial charge is 0.195 e. The molecule has 0 spiro atoms. The number of para-hydroxylation sites is 2. The number of benzene rings is 3. The third-order valence-corrected chi connectivity index (χ3v) is 7.03. The fraction of sp³-hybridized carbons (Fsp3) is 0.276. The van der Waals surface area contributed by atoms with Gasteiger partial charge in [-0.15, -0.1) is 0 Å². The van der Waals surface area contributed by atoms with Crippen molar-refractivity contribution < 1.29 is 19.4 Å². The van der Waals surface area contributed by atoms with Crippen LogP contribution in [0, 0.1) is 0 Å². The second kappa shape index (κ2) is 10.4. The molecule has 36 heavy (non-hydrogen) atoms. The van der Waals surface area contributed by atoms with Crippen LogP contribution < -0.4 is 14.4 Å². The minimum absolute atomic E-state index is 0.305. The van der Waals surface area contributed by atoms with E-state index in [1.54, 1.807) is 20.4 Å². The number of aromatic nitrogens is 1. The highest BCUT2D eigenvalue weighted by Crippen LogP contribution is 2.35. The summed E-state index contributed by atoms with van der Waals surface area (Å²) in [6, 6.07) is 22.8. The molecule has 0 bridgehead atoms. The SMILES string of the molecule is COc1ccc(N2CCN(C(c3ccccc3OC)C(O)C(=O)c3c[nH]c4ccccc34)CC2)cc1. The van der Waals surface area contributed by atoms with Gasteiger partial charge in [0.15, 0.2) is 5.78 Å². The molecule has 3 aromatic carbocycles. The Kier molecular flexibility index (Phi) is 6.93. The zero-order valence-electron chi connectivity index (χ0n) is 20.6. The summed E-state index contributed by atoms with van der Waals surface area (Å²) in [5, 5.41) is 12.4. The number of aromatic amines is 1. The van der Waals surface area contributed by atoms with Gasteiger partial charge in [0.25, 0.3) is 0 Å². The van der Waals surface area contributed by atoms with E-state index in [-0.39, 0.29) is 5.78 Å². The quantitative estimate of drug-likeness (QED) is 0.363. The van der Waals surface area contributed by atoms with Crippen molar-refractivity contribution in [2.75, 3.05) is 45.3 Å². The number of methoxy groups -OCH3 is 2. The third kappa shape index (κ3) is 4.55. The lowest BCUT2D eigenvalue weighted by Gasteiger charge is -2.42. The first kappa shape index (κ1) is 23.9. The van der Waals surface area contributed by atoms with Crippen LogP contribution >= 0.6 is 0 Å². The second-order valence-corrected chi connectivity index (χ2v) is 8.96. The molecule has 186 valence electrons. The van der Waals surface area contributed by atoms with Crippen molar-refractivity contribution in [2.45, 2.75) is 12.1 Å². The number of hydrogen-bond acceptors (Lipinski definition) is 6. The molecular weight excluding hydrogens is 454 g/mol. The molecule has 2 atom stereocenters. The maximum atomic E-state index is 13.7. The topological polar surface area (TPSA) is 78.0 Å². The van der Waals surface area contributed by atoms with Gasteiger partial charge in [0.1, 0.15) is 17.6 Å². The Morgan fingerprint density at radius 3 is 2.31 bits per heavy atom. The third-order valence-electron chi connectivity index (χ3n) is 7.03. The summed E-state index contributed by atoms with van der Waals surface area (Å²) in [4.78, 5) is 21.3. The molecule has 0 radical (unpaired) electrons. The van der Waals surface area contributed by atoms with Crippen LogP contribution in [0.25, 0.3) is 10.9 Å². The van der Waals surface area contributed by atoms with Gasteiger partial charge in [-0.3, -0.25) is 9.69 Å². The highest BCUT2D eigenvalue weighted by atomic mass is 16.5. The first-order chi connectivity index (χ1) is 17.6. The van der Waals surface area contributed by atoms with Crippen molar-refractivity contribution >= 4 is 22.4 Å². The van der Waals surface area contributed by atoms with Gasteiger partial charge < -0.3 is 24.5 Å². The van der Waals surface area contributed by atoms with Gasteiger partial charge in [0.05, 0.1) is 20.3 Å². The molecule has 2 heterocycles.